The summed E-state index contributed by atoms with van der Waals surface area (Å²) in [6, 6.07) is 8.12. The molecular formula is C18H20FNO3. The Labute approximate surface area is 134 Å². The molecule has 122 valence electrons. The molecule has 0 saturated carbocycles. The summed E-state index contributed by atoms with van der Waals surface area (Å²) in [5.74, 6) is -0.853. The molecule has 4 nitrogen and oxygen atoms in total. The lowest BCUT2D eigenvalue weighted by Crippen LogP contribution is -2.15. The highest BCUT2D eigenvalue weighted by Crippen LogP contribution is 2.20. The van der Waals surface area contributed by atoms with Gasteiger partial charge < -0.3 is 15.2 Å². The van der Waals surface area contributed by atoms with Crippen molar-refractivity contribution in [2.45, 2.75) is 26.9 Å². The van der Waals surface area contributed by atoms with Gasteiger partial charge in [-0.15, -0.1) is 0 Å². The molecule has 0 unspecified atom stereocenters. The van der Waals surface area contributed by atoms with E-state index in [1.165, 1.54) is 13.2 Å². The maximum atomic E-state index is 13.8. The first-order valence-electron chi connectivity index (χ1n) is 7.29. The van der Waals surface area contributed by atoms with Gasteiger partial charge in [0.1, 0.15) is 11.6 Å². The van der Waals surface area contributed by atoms with Crippen LogP contribution in [0.3, 0.4) is 0 Å². The molecule has 2 N–H and O–H groups in total. The SMILES string of the molecule is COC(=O)c1ccc(CNCc2c(C)cc(O)cc2F)cc1C. The van der Waals surface area contributed by atoms with Crippen LogP contribution in [0, 0.1) is 19.7 Å². The van der Waals surface area contributed by atoms with Crippen LogP contribution in [0.2, 0.25) is 0 Å². The number of carbonyl (C=O) groups excluding carboxylic acids is 1. The Morgan fingerprint density at radius 2 is 1.91 bits per heavy atom. The zero-order valence-corrected chi connectivity index (χ0v) is 13.4. The highest BCUT2D eigenvalue weighted by Gasteiger charge is 2.10. The Kier molecular flexibility index (Phi) is 5.34. The molecule has 0 aliphatic heterocycles. The first kappa shape index (κ1) is 17.0. The summed E-state index contributed by atoms with van der Waals surface area (Å²) in [5, 5.41) is 12.5. The van der Waals surface area contributed by atoms with Crippen molar-refractivity contribution in [3.63, 3.8) is 0 Å². The van der Waals surface area contributed by atoms with Gasteiger partial charge in [0.05, 0.1) is 12.7 Å². The number of hydrogen-bond donors (Lipinski definition) is 2. The third-order valence-corrected chi connectivity index (χ3v) is 3.73. The van der Waals surface area contributed by atoms with Gasteiger partial charge in [0, 0.05) is 24.7 Å². The second-order valence-electron chi connectivity index (χ2n) is 5.47. The molecule has 2 rings (SSSR count). The second kappa shape index (κ2) is 7.24. The fourth-order valence-electron chi connectivity index (χ4n) is 2.49. The number of phenols is 1. The number of carbonyl (C=O) groups is 1. The van der Waals surface area contributed by atoms with Crippen molar-refractivity contribution in [1.82, 2.24) is 5.32 Å². The Morgan fingerprint density at radius 3 is 2.52 bits per heavy atom. The molecule has 0 heterocycles. The summed E-state index contributed by atoms with van der Waals surface area (Å²) in [4.78, 5) is 11.5. The van der Waals surface area contributed by atoms with Crippen molar-refractivity contribution in [2.24, 2.45) is 0 Å². The number of phenolic OH excluding ortho intramolecular Hbond substituents is 1. The van der Waals surface area contributed by atoms with Crippen LogP contribution in [0.15, 0.2) is 30.3 Å². The third kappa shape index (κ3) is 4.07. The quantitative estimate of drug-likeness (QED) is 0.831. The van der Waals surface area contributed by atoms with E-state index in [0.29, 0.717) is 29.8 Å². The number of ether oxygens (including phenoxy) is 1. The van der Waals surface area contributed by atoms with E-state index in [4.69, 9.17) is 4.74 Å². The van der Waals surface area contributed by atoms with Crippen molar-refractivity contribution in [2.75, 3.05) is 7.11 Å². The minimum absolute atomic E-state index is 0.0715. The standard InChI is InChI=1S/C18H20FNO3/c1-11-6-13(4-5-15(11)18(22)23-3)9-20-10-16-12(2)7-14(21)8-17(16)19/h4-8,20-21H,9-10H2,1-3H3. The van der Waals surface area contributed by atoms with E-state index < -0.39 is 5.82 Å². The average molecular weight is 317 g/mol. The maximum Gasteiger partial charge on any atom is 0.338 e. The number of halogens is 1. The number of nitrogens with one attached hydrogen (secondary N) is 1. The molecule has 0 aliphatic rings. The van der Waals surface area contributed by atoms with Gasteiger partial charge in [-0.25, -0.2) is 9.18 Å². The molecular weight excluding hydrogens is 297 g/mol. The number of esters is 1. The van der Waals surface area contributed by atoms with Gasteiger partial charge >= 0.3 is 5.97 Å². The highest BCUT2D eigenvalue weighted by atomic mass is 19.1. The molecule has 2 aromatic rings. The largest absolute Gasteiger partial charge is 0.508 e. The highest BCUT2D eigenvalue weighted by molar-refractivity contribution is 5.90. The lowest BCUT2D eigenvalue weighted by Gasteiger charge is -2.11. The van der Waals surface area contributed by atoms with E-state index in [0.717, 1.165) is 17.2 Å². The zero-order valence-electron chi connectivity index (χ0n) is 13.4. The van der Waals surface area contributed by atoms with Crippen LogP contribution in [0.5, 0.6) is 5.75 Å². The molecule has 0 saturated heterocycles. The summed E-state index contributed by atoms with van der Waals surface area (Å²) in [6.07, 6.45) is 0. The predicted octanol–water partition coefficient (Wildman–Crippen LogP) is 3.22. The summed E-state index contributed by atoms with van der Waals surface area (Å²) in [5.41, 5.74) is 3.60. The maximum absolute atomic E-state index is 13.8. The van der Waals surface area contributed by atoms with E-state index in [1.807, 2.05) is 19.1 Å². The summed E-state index contributed by atoms with van der Waals surface area (Å²) >= 11 is 0. The number of hydrogen-bond acceptors (Lipinski definition) is 4. The second-order valence-corrected chi connectivity index (χ2v) is 5.47. The lowest BCUT2D eigenvalue weighted by molar-refractivity contribution is 0.0600. The van der Waals surface area contributed by atoms with Crippen LogP contribution < -0.4 is 5.32 Å². The Balaban J connectivity index is 2.02. The van der Waals surface area contributed by atoms with Gasteiger partial charge in [-0.2, -0.15) is 0 Å². The zero-order chi connectivity index (χ0) is 17.0. The van der Waals surface area contributed by atoms with Crippen molar-refractivity contribution in [1.29, 1.82) is 0 Å². The minimum Gasteiger partial charge on any atom is -0.508 e. The Hall–Kier alpha value is -2.40. The molecule has 0 bridgehead atoms. The van der Waals surface area contributed by atoms with Crippen LogP contribution in [-0.4, -0.2) is 18.2 Å². The molecule has 0 amide bonds. The van der Waals surface area contributed by atoms with E-state index in [9.17, 15) is 14.3 Å². The first-order chi connectivity index (χ1) is 10.9. The van der Waals surface area contributed by atoms with Crippen LogP contribution >= 0.6 is 0 Å². The van der Waals surface area contributed by atoms with Crippen LogP contribution in [0.25, 0.3) is 0 Å². The van der Waals surface area contributed by atoms with E-state index in [-0.39, 0.29) is 11.7 Å². The van der Waals surface area contributed by atoms with Gasteiger partial charge in [-0.1, -0.05) is 12.1 Å². The van der Waals surface area contributed by atoms with Crippen LogP contribution in [0.4, 0.5) is 4.39 Å². The molecule has 0 radical (unpaired) electrons. The fourth-order valence-corrected chi connectivity index (χ4v) is 2.49. The summed E-state index contributed by atoms with van der Waals surface area (Å²) < 4.78 is 18.5. The van der Waals surface area contributed by atoms with Gasteiger partial charge in [-0.3, -0.25) is 0 Å². The van der Waals surface area contributed by atoms with Crippen LogP contribution in [0.1, 0.15) is 32.6 Å². The lowest BCUT2D eigenvalue weighted by atomic mass is 10.0. The summed E-state index contributed by atoms with van der Waals surface area (Å²) in [7, 11) is 1.35. The minimum atomic E-state index is -0.424. The van der Waals surface area contributed by atoms with Gasteiger partial charge in [0.15, 0.2) is 0 Å². The fraction of sp³-hybridized carbons (Fsp3) is 0.278. The summed E-state index contributed by atoms with van der Waals surface area (Å²) in [6.45, 7) is 4.51. The topological polar surface area (TPSA) is 58.6 Å². The molecule has 23 heavy (non-hydrogen) atoms. The first-order valence-corrected chi connectivity index (χ1v) is 7.29. The van der Waals surface area contributed by atoms with Crippen LogP contribution in [-0.2, 0) is 17.8 Å². The van der Waals surface area contributed by atoms with Crippen molar-refractivity contribution < 1.29 is 19.0 Å². The Morgan fingerprint density at radius 1 is 1.17 bits per heavy atom. The third-order valence-electron chi connectivity index (χ3n) is 3.73. The number of rotatable bonds is 5. The van der Waals surface area contributed by atoms with Gasteiger partial charge in [-0.05, 0) is 42.7 Å². The number of aromatic hydroxyl groups is 1. The normalized spacial score (nSPS) is 10.6. The molecule has 0 aliphatic carbocycles. The van der Waals surface area contributed by atoms with Gasteiger partial charge in [0.25, 0.3) is 0 Å². The van der Waals surface area contributed by atoms with E-state index >= 15 is 0 Å². The molecule has 0 aromatic heterocycles. The predicted molar refractivity (Wildman–Crippen MR) is 85.9 cm³/mol. The molecule has 0 atom stereocenters. The number of benzene rings is 2. The number of aryl methyl sites for hydroxylation is 2. The van der Waals surface area contributed by atoms with Crippen molar-refractivity contribution in [3.05, 3.63) is 64.0 Å². The van der Waals surface area contributed by atoms with Crippen molar-refractivity contribution in [3.8, 4) is 5.75 Å². The smallest absolute Gasteiger partial charge is 0.338 e. The van der Waals surface area contributed by atoms with E-state index in [2.05, 4.69) is 5.32 Å². The Bertz CT molecular complexity index is 705. The molecule has 0 fully saturated rings. The van der Waals surface area contributed by atoms with E-state index in [1.54, 1.807) is 13.0 Å². The molecule has 0 spiro atoms. The van der Waals surface area contributed by atoms with Crippen molar-refractivity contribution >= 4 is 5.97 Å². The average Bonchev–Trinajstić information content (AvgIpc) is 2.49. The monoisotopic (exact) mass is 317 g/mol. The van der Waals surface area contributed by atoms with Gasteiger partial charge in [0.2, 0.25) is 0 Å². The molecule has 5 heteroatoms. The number of methoxy groups -OCH3 is 1. The molecule has 2 aromatic carbocycles.